The summed E-state index contributed by atoms with van der Waals surface area (Å²) >= 11 is 0. The number of aryl methyl sites for hydroxylation is 2. The molecule has 2 rings (SSSR count). The summed E-state index contributed by atoms with van der Waals surface area (Å²) in [6, 6.07) is 5.08. The van der Waals surface area contributed by atoms with Gasteiger partial charge in [-0.25, -0.2) is 9.37 Å². The van der Waals surface area contributed by atoms with Crippen molar-refractivity contribution in [1.82, 2.24) is 20.1 Å². The molecule has 1 N–H and O–H groups in total. The lowest BCUT2D eigenvalue weighted by Gasteiger charge is -2.20. The monoisotopic (exact) mass is 290 g/mol. The number of benzene rings is 1. The highest BCUT2D eigenvalue weighted by atomic mass is 19.1. The molecular weight excluding hydrogens is 267 g/mol. The van der Waals surface area contributed by atoms with Gasteiger partial charge in [0.15, 0.2) is 0 Å². The lowest BCUT2D eigenvalue weighted by molar-refractivity contribution is 0.496. The van der Waals surface area contributed by atoms with E-state index in [1.807, 2.05) is 17.7 Å². The Morgan fingerprint density at radius 3 is 2.81 bits per heavy atom. The van der Waals surface area contributed by atoms with Crippen LogP contribution >= 0.6 is 0 Å². The average Bonchev–Trinajstić information content (AvgIpc) is 2.86. The van der Waals surface area contributed by atoms with E-state index < -0.39 is 0 Å². The van der Waals surface area contributed by atoms with E-state index in [0.29, 0.717) is 0 Å². The first-order chi connectivity index (χ1) is 10.2. The minimum absolute atomic E-state index is 0.121. The molecule has 0 amide bonds. The number of nitrogens with one attached hydrogen (secondary N) is 1. The predicted molar refractivity (Wildman–Crippen MR) is 81.6 cm³/mol. The molecule has 0 fully saturated rings. The summed E-state index contributed by atoms with van der Waals surface area (Å²) in [5, 5.41) is 7.73. The van der Waals surface area contributed by atoms with Crippen LogP contribution in [0.2, 0.25) is 0 Å². The summed E-state index contributed by atoms with van der Waals surface area (Å²) in [7, 11) is 0. The summed E-state index contributed by atoms with van der Waals surface area (Å²) in [5.41, 5.74) is 2.08. The molecule has 2 aromatic rings. The Morgan fingerprint density at radius 1 is 1.33 bits per heavy atom. The van der Waals surface area contributed by atoms with Crippen LogP contribution in [0.1, 0.15) is 43.3 Å². The van der Waals surface area contributed by atoms with E-state index in [1.165, 1.54) is 6.07 Å². The Morgan fingerprint density at radius 2 is 2.14 bits per heavy atom. The fourth-order valence-corrected chi connectivity index (χ4v) is 2.60. The second-order valence-corrected chi connectivity index (χ2v) is 5.21. The topological polar surface area (TPSA) is 42.7 Å². The van der Waals surface area contributed by atoms with Crippen LogP contribution < -0.4 is 5.32 Å². The van der Waals surface area contributed by atoms with Gasteiger partial charge in [-0.1, -0.05) is 19.9 Å². The van der Waals surface area contributed by atoms with Gasteiger partial charge >= 0.3 is 0 Å². The molecule has 4 nitrogen and oxygen atoms in total. The largest absolute Gasteiger partial charge is 0.310 e. The fourth-order valence-electron chi connectivity index (χ4n) is 2.60. The maximum Gasteiger partial charge on any atom is 0.138 e. The standard InChI is InChI=1S/C16H23FN4/c1-4-8-21-16(19-11-20-21)10-15(18-5-2)14-7-6-13(17)9-12(14)3/h6-7,9,11,15,18H,4-5,8,10H2,1-3H3. The molecule has 114 valence electrons. The predicted octanol–water partition coefficient (Wildman–Crippen LogP) is 3.03. The molecule has 21 heavy (non-hydrogen) atoms. The first-order valence-corrected chi connectivity index (χ1v) is 7.51. The molecule has 0 bridgehead atoms. The third-order valence-electron chi connectivity index (χ3n) is 3.58. The van der Waals surface area contributed by atoms with E-state index in [9.17, 15) is 4.39 Å². The number of rotatable bonds is 7. The van der Waals surface area contributed by atoms with E-state index in [1.54, 1.807) is 12.4 Å². The van der Waals surface area contributed by atoms with Gasteiger partial charge in [-0.05, 0) is 43.1 Å². The van der Waals surface area contributed by atoms with E-state index in [0.717, 1.165) is 42.9 Å². The Bertz CT molecular complexity index is 579. The van der Waals surface area contributed by atoms with Gasteiger partial charge < -0.3 is 5.32 Å². The number of nitrogens with zero attached hydrogens (tertiary/aromatic N) is 3. The van der Waals surface area contributed by atoms with Crippen molar-refractivity contribution in [3.8, 4) is 0 Å². The van der Waals surface area contributed by atoms with Crippen LogP contribution in [-0.4, -0.2) is 21.3 Å². The van der Waals surface area contributed by atoms with Crippen LogP contribution in [0.3, 0.4) is 0 Å². The summed E-state index contributed by atoms with van der Waals surface area (Å²) in [5.74, 6) is 0.771. The zero-order valence-corrected chi connectivity index (χ0v) is 12.9. The maximum atomic E-state index is 13.3. The number of likely N-dealkylation sites (N-methyl/N-ethyl adjacent to an activating group) is 1. The van der Waals surface area contributed by atoms with Crippen molar-refractivity contribution < 1.29 is 4.39 Å². The average molecular weight is 290 g/mol. The van der Waals surface area contributed by atoms with E-state index in [-0.39, 0.29) is 11.9 Å². The third kappa shape index (κ3) is 3.88. The second-order valence-electron chi connectivity index (χ2n) is 5.21. The van der Waals surface area contributed by atoms with Crippen molar-refractivity contribution >= 4 is 0 Å². The minimum Gasteiger partial charge on any atom is -0.310 e. The molecule has 1 atom stereocenters. The molecule has 5 heteroatoms. The summed E-state index contributed by atoms with van der Waals surface area (Å²) in [6.07, 6.45) is 3.38. The van der Waals surface area contributed by atoms with Crippen LogP contribution in [0.15, 0.2) is 24.5 Å². The summed E-state index contributed by atoms with van der Waals surface area (Å²) in [6.45, 7) is 7.86. The Hall–Kier alpha value is -1.75. The first-order valence-electron chi connectivity index (χ1n) is 7.51. The van der Waals surface area contributed by atoms with Crippen LogP contribution in [0.4, 0.5) is 4.39 Å². The smallest absolute Gasteiger partial charge is 0.138 e. The molecule has 1 heterocycles. The zero-order valence-electron chi connectivity index (χ0n) is 12.9. The number of halogens is 1. The second kappa shape index (κ2) is 7.31. The molecule has 0 spiro atoms. The molecule has 1 unspecified atom stereocenters. The van der Waals surface area contributed by atoms with Crippen LogP contribution in [0.25, 0.3) is 0 Å². The van der Waals surface area contributed by atoms with Gasteiger partial charge in [-0.2, -0.15) is 5.10 Å². The van der Waals surface area contributed by atoms with Crippen molar-refractivity contribution in [2.75, 3.05) is 6.54 Å². The van der Waals surface area contributed by atoms with Gasteiger partial charge in [-0.3, -0.25) is 4.68 Å². The highest BCUT2D eigenvalue weighted by Gasteiger charge is 2.17. The normalized spacial score (nSPS) is 12.6. The van der Waals surface area contributed by atoms with Crippen molar-refractivity contribution in [2.45, 2.75) is 46.2 Å². The van der Waals surface area contributed by atoms with Crippen LogP contribution in [-0.2, 0) is 13.0 Å². The van der Waals surface area contributed by atoms with E-state index >= 15 is 0 Å². The number of hydrogen-bond donors (Lipinski definition) is 1. The highest BCUT2D eigenvalue weighted by molar-refractivity contribution is 5.30. The van der Waals surface area contributed by atoms with Gasteiger partial charge in [0.25, 0.3) is 0 Å². The maximum absolute atomic E-state index is 13.3. The molecule has 0 saturated heterocycles. The van der Waals surface area contributed by atoms with Crippen LogP contribution in [0, 0.1) is 12.7 Å². The van der Waals surface area contributed by atoms with Gasteiger partial charge in [0, 0.05) is 19.0 Å². The number of hydrogen-bond acceptors (Lipinski definition) is 3. The Balaban J connectivity index is 2.24. The molecule has 0 saturated carbocycles. The molecule has 1 aromatic carbocycles. The molecule has 0 aliphatic heterocycles. The molecule has 0 aliphatic carbocycles. The van der Waals surface area contributed by atoms with Gasteiger partial charge in [0.05, 0.1) is 0 Å². The highest BCUT2D eigenvalue weighted by Crippen LogP contribution is 2.22. The van der Waals surface area contributed by atoms with Crippen molar-refractivity contribution in [1.29, 1.82) is 0 Å². The van der Waals surface area contributed by atoms with Crippen molar-refractivity contribution in [3.63, 3.8) is 0 Å². The van der Waals surface area contributed by atoms with Crippen molar-refractivity contribution in [2.24, 2.45) is 0 Å². The lowest BCUT2D eigenvalue weighted by atomic mass is 9.98. The van der Waals surface area contributed by atoms with Gasteiger partial charge in [-0.15, -0.1) is 0 Å². The zero-order chi connectivity index (χ0) is 15.2. The lowest BCUT2D eigenvalue weighted by Crippen LogP contribution is -2.25. The van der Waals surface area contributed by atoms with E-state index in [2.05, 4.69) is 29.2 Å². The Labute approximate surface area is 125 Å². The quantitative estimate of drug-likeness (QED) is 0.852. The molecule has 0 radical (unpaired) electrons. The molecule has 1 aromatic heterocycles. The van der Waals surface area contributed by atoms with Crippen LogP contribution in [0.5, 0.6) is 0 Å². The third-order valence-corrected chi connectivity index (χ3v) is 3.58. The Kier molecular flexibility index (Phi) is 5.44. The SMILES string of the molecule is CCCn1ncnc1CC(NCC)c1ccc(F)cc1C. The van der Waals surface area contributed by atoms with Gasteiger partial charge in [0.1, 0.15) is 18.0 Å². The van der Waals surface area contributed by atoms with Gasteiger partial charge in [0.2, 0.25) is 0 Å². The summed E-state index contributed by atoms with van der Waals surface area (Å²) in [4.78, 5) is 4.37. The fraction of sp³-hybridized carbons (Fsp3) is 0.500. The summed E-state index contributed by atoms with van der Waals surface area (Å²) < 4.78 is 15.2. The number of aromatic nitrogens is 3. The molecular formula is C16H23FN4. The first kappa shape index (κ1) is 15.6. The van der Waals surface area contributed by atoms with Crippen molar-refractivity contribution in [3.05, 3.63) is 47.3 Å². The minimum atomic E-state index is -0.194. The molecule has 0 aliphatic rings. The van der Waals surface area contributed by atoms with E-state index in [4.69, 9.17) is 0 Å².